The van der Waals surface area contributed by atoms with E-state index in [-0.39, 0.29) is 11.8 Å². The van der Waals surface area contributed by atoms with E-state index in [0.717, 1.165) is 48.2 Å². The normalized spacial score (nSPS) is 18.6. The van der Waals surface area contributed by atoms with Crippen molar-refractivity contribution in [3.05, 3.63) is 28.8 Å². The Morgan fingerprint density at radius 3 is 2.84 bits per heavy atom. The van der Waals surface area contributed by atoms with Gasteiger partial charge in [-0.2, -0.15) is 0 Å². The Balaban J connectivity index is 2.32. The Morgan fingerprint density at radius 1 is 1.42 bits per heavy atom. The van der Waals surface area contributed by atoms with Crippen LogP contribution in [0.5, 0.6) is 5.75 Å². The van der Waals surface area contributed by atoms with Crippen LogP contribution in [0, 0.1) is 13.8 Å². The lowest BCUT2D eigenvalue weighted by Gasteiger charge is -2.17. The second kappa shape index (κ2) is 6.20. The molecule has 1 unspecified atom stereocenters. The molecule has 0 amide bonds. The number of ketones is 1. The van der Waals surface area contributed by atoms with Gasteiger partial charge in [0.15, 0.2) is 5.78 Å². The second-order valence-electron chi connectivity index (χ2n) is 5.32. The topological polar surface area (TPSA) is 38.3 Å². The highest BCUT2D eigenvalue weighted by Crippen LogP contribution is 2.28. The molecule has 1 heterocycles. The summed E-state index contributed by atoms with van der Waals surface area (Å²) in [6.45, 7) is 7.70. The molecule has 0 saturated carbocycles. The van der Waals surface area contributed by atoms with Gasteiger partial charge < -0.3 is 10.1 Å². The lowest BCUT2D eigenvalue weighted by molar-refractivity contribution is 0.0948. The first-order valence-electron chi connectivity index (χ1n) is 7.15. The van der Waals surface area contributed by atoms with E-state index in [2.05, 4.69) is 18.3 Å². The van der Waals surface area contributed by atoms with Crippen molar-refractivity contribution in [3.63, 3.8) is 0 Å². The molecule has 0 aromatic heterocycles. The number of Topliss-reactive ketones (excluding diaryl/α,β-unsaturated/α-hetero) is 1. The molecule has 1 aromatic rings. The zero-order valence-corrected chi connectivity index (χ0v) is 12.1. The van der Waals surface area contributed by atoms with Crippen molar-refractivity contribution in [2.75, 3.05) is 13.2 Å². The maximum atomic E-state index is 12.6. The lowest BCUT2D eigenvalue weighted by Crippen LogP contribution is -2.31. The fraction of sp³-hybridized carbons (Fsp3) is 0.562. The van der Waals surface area contributed by atoms with Crippen LogP contribution >= 0.6 is 0 Å². The molecule has 1 atom stereocenters. The van der Waals surface area contributed by atoms with E-state index >= 15 is 0 Å². The molecule has 0 spiro atoms. The molecule has 104 valence electrons. The van der Waals surface area contributed by atoms with E-state index in [1.165, 1.54) is 0 Å². The molecule has 1 aliphatic rings. The van der Waals surface area contributed by atoms with Crippen molar-refractivity contribution < 1.29 is 9.53 Å². The first-order valence-corrected chi connectivity index (χ1v) is 7.15. The van der Waals surface area contributed by atoms with Gasteiger partial charge in [0.2, 0.25) is 0 Å². The number of hydrogen-bond donors (Lipinski definition) is 1. The predicted octanol–water partition coefficient (Wildman–Crippen LogP) is 3.03. The van der Waals surface area contributed by atoms with Gasteiger partial charge in [-0.15, -0.1) is 0 Å². The Labute approximate surface area is 115 Å². The van der Waals surface area contributed by atoms with Gasteiger partial charge in [-0.1, -0.05) is 13.0 Å². The Bertz CT molecular complexity index is 462. The van der Waals surface area contributed by atoms with Crippen molar-refractivity contribution in [2.24, 2.45) is 0 Å². The van der Waals surface area contributed by atoms with Crippen LogP contribution in [-0.2, 0) is 0 Å². The first kappa shape index (κ1) is 14.1. The van der Waals surface area contributed by atoms with Gasteiger partial charge in [0, 0.05) is 0 Å². The highest BCUT2D eigenvalue weighted by atomic mass is 16.5. The molecule has 2 rings (SSSR count). The molecule has 0 radical (unpaired) electrons. The minimum absolute atomic E-state index is 0.0369. The largest absolute Gasteiger partial charge is 0.493 e. The van der Waals surface area contributed by atoms with Gasteiger partial charge >= 0.3 is 0 Å². The lowest BCUT2D eigenvalue weighted by atomic mass is 9.97. The summed E-state index contributed by atoms with van der Waals surface area (Å²) < 4.78 is 5.80. The molecular weight excluding hydrogens is 238 g/mol. The maximum Gasteiger partial charge on any atom is 0.183 e. The summed E-state index contributed by atoms with van der Waals surface area (Å²) in [5.41, 5.74) is 2.91. The smallest absolute Gasteiger partial charge is 0.183 e. The molecular formula is C16H23NO2. The summed E-state index contributed by atoms with van der Waals surface area (Å²) in [7, 11) is 0. The van der Waals surface area contributed by atoms with E-state index in [0.29, 0.717) is 6.61 Å². The van der Waals surface area contributed by atoms with Crippen LogP contribution in [0.2, 0.25) is 0 Å². The molecule has 1 aromatic carbocycles. The summed E-state index contributed by atoms with van der Waals surface area (Å²) in [5.74, 6) is 0.946. The number of carbonyl (C=O) groups excluding carboxylic acids is 1. The van der Waals surface area contributed by atoms with E-state index in [9.17, 15) is 4.79 Å². The van der Waals surface area contributed by atoms with Crippen LogP contribution in [0.1, 0.15) is 47.7 Å². The minimum atomic E-state index is -0.0369. The molecule has 3 nitrogen and oxygen atoms in total. The summed E-state index contributed by atoms with van der Waals surface area (Å²) in [6, 6.07) is 4.00. The van der Waals surface area contributed by atoms with E-state index in [1.807, 2.05) is 19.9 Å². The average Bonchev–Trinajstić information content (AvgIpc) is 2.90. The monoisotopic (exact) mass is 261 g/mol. The van der Waals surface area contributed by atoms with Crippen LogP contribution in [0.15, 0.2) is 12.1 Å². The van der Waals surface area contributed by atoms with Gasteiger partial charge in [-0.25, -0.2) is 0 Å². The highest BCUT2D eigenvalue weighted by Gasteiger charge is 2.26. The van der Waals surface area contributed by atoms with Crippen LogP contribution < -0.4 is 10.1 Å². The molecule has 0 bridgehead atoms. The van der Waals surface area contributed by atoms with Crippen molar-refractivity contribution in [1.82, 2.24) is 5.32 Å². The molecule has 19 heavy (non-hydrogen) atoms. The number of carbonyl (C=O) groups is 1. The van der Waals surface area contributed by atoms with Gasteiger partial charge in [0.05, 0.1) is 18.2 Å². The molecule has 1 fully saturated rings. The third-order valence-electron chi connectivity index (χ3n) is 3.51. The number of nitrogens with one attached hydrogen (secondary N) is 1. The van der Waals surface area contributed by atoms with Crippen molar-refractivity contribution in [1.29, 1.82) is 0 Å². The van der Waals surface area contributed by atoms with Crippen molar-refractivity contribution >= 4 is 5.78 Å². The van der Waals surface area contributed by atoms with Crippen LogP contribution in [-0.4, -0.2) is 25.0 Å². The maximum absolute atomic E-state index is 12.6. The molecule has 3 heteroatoms. The number of ether oxygens (including phenoxy) is 1. The summed E-state index contributed by atoms with van der Waals surface area (Å²) in [6.07, 6.45) is 2.95. The Morgan fingerprint density at radius 2 is 2.21 bits per heavy atom. The molecule has 1 N–H and O–H groups in total. The summed E-state index contributed by atoms with van der Waals surface area (Å²) in [4.78, 5) is 12.6. The number of hydrogen-bond acceptors (Lipinski definition) is 3. The first-order chi connectivity index (χ1) is 9.13. The fourth-order valence-corrected chi connectivity index (χ4v) is 2.63. The standard InChI is InChI=1S/C16H23NO2/c1-4-8-19-16-12(3)9-11(2)10-13(16)15(18)14-6-5-7-17-14/h9-10,14,17H,4-8H2,1-3H3. The van der Waals surface area contributed by atoms with E-state index < -0.39 is 0 Å². The summed E-state index contributed by atoms with van der Waals surface area (Å²) >= 11 is 0. The molecule has 1 saturated heterocycles. The van der Waals surface area contributed by atoms with Crippen LogP contribution in [0.3, 0.4) is 0 Å². The molecule has 1 aliphatic heterocycles. The van der Waals surface area contributed by atoms with Gasteiger partial charge in [0.25, 0.3) is 0 Å². The second-order valence-corrected chi connectivity index (χ2v) is 5.32. The molecule has 0 aliphatic carbocycles. The fourth-order valence-electron chi connectivity index (χ4n) is 2.63. The third-order valence-corrected chi connectivity index (χ3v) is 3.51. The Kier molecular flexibility index (Phi) is 4.59. The number of aryl methyl sites for hydroxylation is 2. The minimum Gasteiger partial charge on any atom is -0.493 e. The summed E-state index contributed by atoms with van der Waals surface area (Å²) in [5, 5.41) is 3.27. The van der Waals surface area contributed by atoms with Gasteiger partial charge in [0.1, 0.15) is 5.75 Å². The van der Waals surface area contributed by atoms with Crippen molar-refractivity contribution in [2.45, 2.75) is 46.1 Å². The van der Waals surface area contributed by atoms with Crippen LogP contribution in [0.4, 0.5) is 0 Å². The zero-order chi connectivity index (χ0) is 13.8. The van der Waals surface area contributed by atoms with E-state index in [1.54, 1.807) is 0 Å². The quantitative estimate of drug-likeness (QED) is 0.828. The number of rotatable bonds is 5. The van der Waals surface area contributed by atoms with Crippen LogP contribution in [0.25, 0.3) is 0 Å². The van der Waals surface area contributed by atoms with E-state index in [4.69, 9.17) is 4.74 Å². The SMILES string of the molecule is CCCOc1c(C)cc(C)cc1C(=O)C1CCCN1. The average molecular weight is 261 g/mol. The highest BCUT2D eigenvalue weighted by molar-refractivity contribution is 6.03. The van der Waals surface area contributed by atoms with Gasteiger partial charge in [-0.05, 0) is 56.8 Å². The predicted molar refractivity (Wildman–Crippen MR) is 77.1 cm³/mol. The third kappa shape index (κ3) is 3.16. The van der Waals surface area contributed by atoms with Gasteiger partial charge in [-0.3, -0.25) is 4.79 Å². The van der Waals surface area contributed by atoms with Crippen molar-refractivity contribution in [3.8, 4) is 5.75 Å². The Hall–Kier alpha value is -1.35. The number of benzene rings is 1. The zero-order valence-electron chi connectivity index (χ0n) is 12.1.